The second kappa shape index (κ2) is 31.9. The number of rotatable bonds is 27. The summed E-state index contributed by atoms with van der Waals surface area (Å²) in [7, 11) is 1.19. The van der Waals surface area contributed by atoms with Gasteiger partial charge in [0.05, 0.1) is 6.04 Å². The molecule has 3 fully saturated rings. The van der Waals surface area contributed by atoms with Crippen molar-refractivity contribution in [1.29, 1.82) is 0 Å². The Morgan fingerprint density at radius 3 is 1.51 bits per heavy atom. The summed E-state index contributed by atoms with van der Waals surface area (Å²) in [5.41, 5.74) is 0. The summed E-state index contributed by atoms with van der Waals surface area (Å²) in [6.07, 6.45) is -22.4. The van der Waals surface area contributed by atoms with Crippen LogP contribution in [-0.2, 0) is 129 Å². The van der Waals surface area contributed by atoms with Crippen molar-refractivity contribution in [2.75, 3.05) is 37.6 Å². The number of thioether (sulfide) groups is 2. The Hall–Kier alpha value is -5.90. The molecule has 0 spiro atoms. The average Bonchev–Trinajstić information content (AvgIpc) is 3.32. The highest BCUT2D eigenvalue weighted by molar-refractivity contribution is 8.00. The predicted octanol–water partition coefficient (Wildman–Crippen LogP) is -0.660. The van der Waals surface area contributed by atoms with E-state index in [1.165, 1.54) is 18.9 Å². The van der Waals surface area contributed by atoms with E-state index in [2.05, 4.69) is 5.32 Å². The van der Waals surface area contributed by atoms with Gasteiger partial charge in [-0.15, -0.1) is 11.8 Å². The average molecular weight is 1190 g/mol. The molecule has 0 aromatic carbocycles. The second-order valence-corrected chi connectivity index (χ2v) is 20.5. The minimum Gasteiger partial charge on any atom is -0.477 e. The van der Waals surface area contributed by atoms with Crippen molar-refractivity contribution in [2.24, 2.45) is 0 Å². The number of esters is 10. The minimum atomic E-state index is -3.29. The summed E-state index contributed by atoms with van der Waals surface area (Å²) in [4.78, 5) is 150. The molecule has 3 heterocycles. The molecule has 17 atom stereocenters. The molecule has 80 heavy (non-hydrogen) atoms. The van der Waals surface area contributed by atoms with E-state index in [0.717, 1.165) is 87.9 Å². The van der Waals surface area contributed by atoms with Crippen LogP contribution < -0.4 is 5.32 Å². The quantitative estimate of drug-likeness (QED) is 0.0522. The molecule has 3 saturated heterocycles. The van der Waals surface area contributed by atoms with E-state index >= 15 is 0 Å². The number of hydrogen-bond acceptors (Lipinski definition) is 30. The Morgan fingerprint density at radius 1 is 0.550 bits per heavy atom. The van der Waals surface area contributed by atoms with Crippen LogP contribution in [0.3, 0.4) is 0 Å². The van der Waals surface area contributed by atoms with Crippen LogP contribution in [0.2, 0.25) is 0 Å². The fourth-order valence-corrected chi connectivity index (χ4v) is 11.2. The van der Waals surface area contributed by atoms with Gasteiger partial charge in [-0.1, -0.05) is 0 Å². The topological polar surface area (TPSA) is 396 Å². The molecule has 0 unspecified atom stereocenters. The smallest absolute Gasteiger partial charge is 0.365 e. The van der Waals surface area contributed by atoms with E-state index < -0.39 is 188 Å². The van der Waals surface area contributed by atoms with Gasteiger partial charge in [-0.3, -0.25) is 52.7 Å². The molecule has 0 bridgehead atoms. The number of carbonyl (C=O) groups is 12. The molecular formula is C48H69NO29S2. The van der Waals surface area contributed by atoms with E-state index in [1.807, 2.05) is 0 Å². The first-order chi connectivity index (χ1) is 37.4. The number of aliphatic carboxylic acids is 1. The summed E-state index contributed by atoms with van der Waals surface area (Å²) in [5, 5.41) is 23.2. The molecule has 32 heteroatoms. The maximum Gasteiger partial charge on any atom is 0.365 e. The molecule has 0 saturated carbocycles. The van der Waals surface area contributed by atoms with Gasteiger partial charge in [0.25, 0.3) is 5.79 Å². The van der Waals surface area contributed by atoms with Gasteiger partial charge in [0.15, 0.2) is 55.3 Å². The Labute approximate surface area is 467 Å². The van der Waals surface area contributed by atoms with Crippen LogP contribution in [0, 0.1) is 0 Å². The van der Waals surface area contributed by atoms with E-state index in [4.69, 9.17) is 71.1 Å². The molecule has 3 rings (SSSR count). The van der Waals surface area contributed by atoms with Crippen molar-refractivity contribution in [2.45, 2.75) is 192 Å². The van der Waals surface area contributed by atoms with E-state index in [-0.39, 0.29) is 23.7 Å². The fourth-order valence-electron chi connectivity index (χ4n) is 8.66. The molecule has 1 amide bonds. The number of amides is 1. The highest BCUT2D eigenvalue weighted by atomic mass is 32.2. The summed E-state index contributed by atoms with van der Waals surface area (Å²) in [6.45, 7) is 9.84. The summed E-state index contributed by atoms with van der Waals surface area (Å²) >= 11 is 1.94. The van der Waals surface area contributed by atoms with Crippen LogP contribution in [0.4, 0.5) is 0 Å². The number of carbonyl (C=O) groups excluding carboxylic acids is 11. The lowest BCUT2D eigenvalue weighted by Gasteiger charge is -2.50. The summed E-state index contributed by atoms with van der Waals surface area (Å²) in [5.74, 6) is -15.2. The number of carboxylic acid groups (broad SMARTS) is 1. The van der Waals surface area contributed by atoms with Gasteiger partial charge in [0, 0.05) is 89.0 Å². The van der Waals surface area contributed by atoms with Gasteiger partial charge < -0.3 is 86.6 Å². The molecule has 0 aromatic heterocycles. The zero-order chi connectivity index (χ0) is 60.3. The van der Waals surface area contributed by atoms with Crippen LogP contribution >= 0.6 is 23.5 Å². The van der Waals surface area contributed by atoms with E-state index in [1.54, 1.807) is 0 Å². The first-order valence-electron chi connectivity index (χ1n) is 24.6. The molecular weight excluding hydrogens is 1120 g/mol. The van der Waals surface area contributed by atoms with Crippen LogP contribution in [0.25, 0.3) is 0 Å². The molecule has 3 aliphatic rings. The van der Waals surface area contributed by atoms with Gasteiger partial charge in [0.2, 0.25) is 5.91 Å². The zero-order valence-electron chi connectivity index (χ0n) is 45.9. The molecule has 3 N–H and O–H groups in total. The number of carboxylic acids is 1. The number of nitrogens with one attached hydrogen (secondary N) is 1. The van der Waals surface area contributed by atoms with Gasteiger partial charge in [0.1, 0.15) is 49.0 Å². The van der Waals surface area contributed by atoms with Crippen molar-refractivity contribution >= 4 is 95.1 Å². The highest BCUT2D eigenvalue weighted by Gasteiger charge is 2.64. The van der Waals surface area contributed by atoms with E-state index in [0.29, 0.717) is 6.42 Å². The Balaban J connectivity index is 1.99. The van der Waals surface area contributed by atoms with Crippen LogP contribution in [0.15, 0.2) is 0 Å². The normalized spacial score (nSPS) is 29.8. The van der Waals surface area contributed by atoms with Gasteiger partial charge in [-0.25, -0.2) is 4.79 Å². The monoisotopic (exact) mass is 1190 g/mol. The lowest BCUT2D eigenvalue weighted by molar-refractivity contribution is -0.355. The third kappa shape index (κ3) is 20.6. The molecule has 452 valence electrons. The van der Waals surface area contributed by atoms with Crippen LogP contribution in [0.1, 0.15) is 89.0 Å². The zero-order valence-corrected chi connectivity index (χ0v) is 47.6. The molecule has 30 nitrogen and oxygen atoms in total. The maximum atomic E-state index is 13.1. The van der Waals surface area contributed by atoms with Crippen molar-refractivity contribution in [3.8, 4) is 0 Å². The molecule has 0 aromatic rings. The van der Waals surface area contributed by atoms with Crippen molar-refractivity contribution in [1.82, 2.24) is 5.32 Å². The standard InChI is InChI=1S/C48H69NO29S2/c1-20(50)49-34-38(35(68-24(5)54)31(67-23(4)53)17-65-21(2)51)78-48(63,47(61)62)44(39(34)70-26(7)56)80-16-14-13-15-79-19-33-37(69-25(6)55)41(72-28(9)58)43(74-30(11)60)46(76-33)77-36-32(18-66-22(3)52)75-45(64-12)42(73-29(10)59)40(36)71-27(8)57/h31-46,63H,13-19H2,1-12H3,(H,49,50)(H,61,62)/t31-,32-,33-,34+,35-,36+,37+,38-,39-,40+,41+,42-,43-,44-,45-,46+,48+/m1/s1. The predicted molar refractivity (Wildman–Crippen MR) is 265 cm³/mol. The van der Waals surface area contributed by atoms with Crippen molar-refractivity contribution < 1.29 is 139 Å². The second-order valence-electron chi connectivity index (χ2n) is 18.1. The first-order valence-corrected chi connectivity index (χ1v) is 26.8. The molecule has 0 radical (unpaired) electrons. The number of methoxy groups -OCH3 is 1. The Kier molecular flexibility index (Phi) is 27.3. The number of ether oxygens (including phenoxy) is 15. The first kappa shape index (κ1) is 68.4. The van der Waals surface area contributed by atoms with Gasteiger partial charge in [-0.05, 0) is 24.3 Å². The van der Waals surface area contributed by atoms with Crippen molar-refractivity contribution in [3.63, 3.8) is 0 Å². The minimum absolute atomic E-state index is 0.000458. The highest BCUT2D eigenvalue weighted by Crippen LogP contribution is 2.42. The van der Waals surface area contributed by atoms with Crippen LogP contribution in [0.5, 0.6) is 0 Å². The number of unbranched alkanes of at least 4 members (excludes halogenated alkanes) is 1. The van der Waals surface area contributed by atoms with Crippen molar-refractivity contribution in [3.05, 3.63) is 0 Å². The third-order valence-corrected chi connectivity index (χ3v) is 14.0. The third-order valence-electron chi connectivity index (χ3n) is 11.4. The number of hydrogen-bond donors (Lipinski definition) is 3. The SMILES string of the molecule is CO[C@@H]1O[C@H](COC(C)=O)[C@H](O[C@@H]2O[C@H](CSCCCCS[C@@H]3[C@H](OC(C)=O)[C@@H](NC(C)=O)[C@H]([C@H](OC(C)=O)[C@@H](COC(C)=O)OC(C)=O)O[C@]3(O)C(=O)O)[C@H](OC(C)=O)[C@H](OC(C)=O)[C@H]2OC(C)=O)[C@H](OC(C)=O)[C@H]1OC(C)=O. The lowest BCUT2D eigenvalue weighted by Crippen LogP contribution is -2.73. The molecule has 3 aliphatic heterocycles. The van der Waals surface area contributed by atoms with Crippen LogP contribution in [-0.4, -0.2) is 222 Å². The summed E-state index contributed by atoms with van der Waals surface area (Å²) in [6, 6.07) is -1.64. The lowest BCUT2D eigenvalue weighted by atomic mass is 9.87. The fraction of sp³-hybridized carbons (Fsp3) is 0.750. The summed E-state index contributed by atoms with van der Waals surface area (Å²) < 4.78 is 84.6. The Morgan fingerprint density at radius 2 is 1.02 bits per heavy atom. The van der Waals surface area contributed by atoms with Gasteiger partial charge >= 0.3 is 65.7 Å². The molecule has 0 aliphatic carbocycles. The van der Waals surface area contributed by atoms with Gasteiger partial charge in [-0.2, -0.15) is 11.8 Å². The number of aliphatic hydroxyl groups is 1. The maximum absolute atomic E-state index is 13.1. The largest absolute Gasteiger partial charge is 0.477 e. The Bertz CT molecular complexity index is 2230. The van der Waals surface area contributed by atoms with E-state index in [9.17, 15) is 67.7 Å².